The average molecular weight is 241 g/mol. The van der Waals surface area contributed by atoms with Crippen LogP contribution in [-0.2, 0) is 10.1 Å². The molecule has 3 nitrogen and oxygen atoms in total. The SMILES string of the molecule is CC(C)CC(C)c1ccc(S(=O)(=O)[O-])cc1. The van der Waals surface area contributed by atoms with E-state index in [1.807, 2.05) is 0 Å². The van der Waals surface area contributed by atoms with Crippen molar-refractivity contribution in [2.75, 3.05) is 0 Å². The van der Waals surface area contributed by atoms with Gasteiger partial charge in [0.2, 0.25) is 0 Å². The van der Waals surface area contributed by atoms with Crippen LogP contribution >= 0.6 is 0 Å². The van der Waals surface area contributed by atoms with Crippen molar-refractivity contribution < 1.29 is 13.0 Å². The van der Waals surface area contributed by atoms with Crippen molar-refractivity contribution in [3.05, 3.63) is 29.8 Å². The van der Waals surface area contributed by atoms with Crippen molar-refractivity contribution in [1.29, 1.82) is 0 Å². The first-order valence-corrected chi connectivity index (χ1v) is 6.77. The van der Waals surface area contributed by atoms with Crippen molar-refractivity contribution in [3.8, 4) is 0 Å². The molecule has 1 unspecified atom stereocenters. The molecule has 4 heteroatoms. The van der Waals surface area contributed by atoms with Gasteiger partial charge in [-0.25, -0.2) is 8.42 Å². The fourth-order valence-electron chi connectivity index (χ4n) is 1.81. The van der Waals surface area contributed by atoms with Crippen molar-refractivity contribution in [1.82, 2.24) is 0 Å². The second-order valence-corrected chi connectivity index (χ2v) is 5.93. The number of hydrogen-bond acceptors (Lipinski definition) is 3. The van der Waals surface area contributed by atoms with E-state index in [0.717, 1.165) is 12.0 Å². The van der Waals surface area contributed by atoms with Gasteiger partial charge in [-0.15, -0.1) is 0 Å². The molecule has 1 aromatic carbocycles. The summed E-state index contributed by atoms with van der Waals surface area (Å²) in [4.78, 5) is -0.159. The van der Waals surface area contributed by atoms with Crippen LogP contribution in [0, 0.1) is 5.92 Å². The molecule has 1 atom stereocenters. The molecule has 1 rings (SSSR count). The van der Waals surface area contributed by atoms with Crippen molar-refractivity contribution in [3.63, 3.8) is 0 Å². The lowest BCUT2D eigenvalue weighted by Crippen LogP contribution is -2.01. The Labute approximate surface area is 97.2 Å². The Bertz CT molecular complexity index is 432. The van der Waals surface area contributed by atoms with Crippen LogP contribution in [0.1, 0.15) is 38.7 Å². The van der Waals surface area contributed by atoms with Crippen molar-refractivity contribution >= 4 is 10.1 Å². The van der Waals surface area contributed by atoms with Crippen LogP contribution in [0.5, 0.6) is 0 Å². The van der Waals surface area contributed by atoms with Crippen LogP contribution in [0.3, 0.4) is 0 Å². The zero-order chi connectivity index (χ0) is 12.3. The van der Waals surface area contributed by atoms with E-state index in [-0.39, 0.29) is 4.90 Å². The predicted octanol–water partition coefficient (Wildman–Crippen LogP) is 2.74. The summed E-state index contributed by atoms with van der Waals surface area (Å²) >= 11 is 0. The molecule has 0 aromatic heterocycles. The second kappa shape index (κ2) is 4.97. The Hall–Kier alpha value is -0.870. The highest BCUT2D eigenvalue weighted by Gasteiger charge is 2.08. The minimum Gasteiger partial charge on any atom is -0.744 e. The van der Waals surface area contributed by atoms with Crippen LogP contribution in [0.4, 0.5) is 0 Å². The second-order valence-electron chi connectivity index (χ2n) is 4.55. The highest BCUT2D eigenvalue weighted by molar-refractivity contribution is 7.85. The van der Waals surface area contributed by atoms with Crippen molar-refractivity contribution in [2.45, 2.75) is 38.0 Å². The Kier molecular flexibility index (Phi) is 4.10. The molecule has 90 valence electrons. The first-order valence-electron chi connectivity index (χ1n) is 5.36. The number of rotatable bonds is 4. The lowest BCUT2D eigenvalue weighted by atomic mass is 9.92. The minimum atomic E-state index is -4.32. The molecular weight excluding hydrogens is 224 g/mol. The van der Waals surface area contributed by atoms with Gasteiger partial charge in [-0.05, 0) is 36.0 Å². The molecule has 0 aliphatic rings. The van der Waals surface area contributed by atoms with E-state index < -0.39 is 10.1 Å². The average Bonchev–Trinajstić information content (AvgIpc) is 2.15. The smallest absolute Gasteiger partial charge is 0.124 e. The van der Waals surface area contributed by atoms with Gasteiger partial charge in [-0.2, -0.15) is 0 Å². The van der Waals surface area contributed by atoms with E-state index >= 15 is 0 Å². The van der Waals surface area contributed by atoms with E-state index in [1.54, 1.807) is 12.1 Å². The Morgan fingerprint density at radius 2 is 1.62 bits per heavy atom. The monoisotopic (exact) mass is 241 g/mol. The largest absolute Gasteiger partial charge is 0.744 e. The molecule has 0 radical (unpaired) electrons. The van der Waals surface area contributed by atoms with Crippen LogP contribution < -0.4 is 0 Å². The molecular formula is C12H17O3S-. The lowest BCUT2D eigenvalue weighted by molar-refractivity contribution is 0.463. The van der Waals surface area contributed by atoms with Gasteiger partial charge in [-0.3, -0.25) is 0 Å². The number of benzene rings is 1. The third-order valence-electron chi connectivity index (χ3n) is 2.56. The summed E-state index contributed by atoms with van der Waals surface area (Å²) in [6.07, 6.45) is 1.05. The third-order valence-corrected chi connectivity index (χ3v) is 3.41. The molecule has 0 saturated carbocycles. The Balaban J connectivity index is 2.87. The molecule has 0 N–H and O–H groups in total. The van der Waals surface area contributed by atoms with Gasteiger partial charge in [0.1, 0.15) is 10.1 Å². The van der Waals surface area contributed by atoms with Crippen LogP contribution in [-0.4, -0.2) is 13.0 Å². The van der Waals surface area contributed by atoms with E-state index in [4.69, 9.17) is 0 Å². The molecule has 16 heavy (non-hydrogen) atoms. The molecule has 0 spiro atoms. The topological polar surface area (TPSA) is 57.2 Å². The van der Waals surface area contributed by atoms with Gasteiger partial charge in [0.25, 0.3) is 0 Å². The number of hydrogen-bond donors (Lipinski definition) is 0. The summed E-state index contributed by atoms with van der Waals surface area (Å²) in [5.74, 6) is 0.973. The van der Waals surface area contributed by atoms with Crippen LogP contribution in [0.25, 0.3) is 0 Å². The van der Waals surface area contributed by atoms with E-state index in [0.29, 0.717) is 11.8 Å². The van der Waals surface area contributed by atoms with E-state index in [2.05, 4.69) is 20.8 Å². The highest BCUT2D eigenvalue weighted by Crippen LogP contribution is 2.24. The van der Waals surface area contributed by atoms with E-state index in [1.165, 1.54) is 12.1 Å². The Morgan fingerprint density at radius 3 is 2.00 bits per heavy atom. The predicted molar refractivity (Wildman–Crippen MR) is 62.3 cm³/mol. The van der Waals surface area contributed by atoms with Gasteiger partial charge >= 0.3 is 0 Å². The summed E-state index contributed by atoms with van der Waals surface area (Å²) in [5, 5.41) is 0. The third kappa shape index (κ3) is 3.61. The maximum absolute atomic E-state index is 10.7. The standard InChI is InChI=1S/C12H18O3S/c1-9(2)8-10(3)11-4-6-12(7-5-11)16(13,14)15/h4-7,9-10H,8H2,1-3H3,(H,13,14,15)/p-1. The summed E-state index contributed by atoms with van der Waals surface area (Å²) in [7, 11) is -4.32. The van der Waals surface area contributed by atoms with Crippen LogP contribution in [0.2, 0.25) is 0 Å². The van der Waals surface area contributed by atoms with Gasteiger partial charge < -0.3 is 4.55 Å². The maximum atomic E-state index is 10.7. The normalized spacial score (nSPS) is 14.1. The first kappa shape index (κ1) is 13.2. The summed E-state index contributed by atoms with van der Waals surface area (Å²) in [6, 6.07) is 6.21. The molecule has 1 aromatic rings. The molecule has 0 aliphatic heterocycles. The zero-order valence-corrected chi connectivity index (χ0v) is 10.6. The van der Waals surface area contributed by atoms with E-state index in [9.17, 15) is 13.0 Å². The molecule has 0 amide bonds. The minimum absolute atomic E-state index is 0.159. The lowest BCUT2D eigenvalue weighted by Gasteiger charge is -2.15. The molecule has 0 saturated heterocycles. The Morgan fingerprint density at radius 1 is 1.12 bits per heavy atom. The van der Waals surface area contributed by atoms with Gasteiger partial charge in [0.15, 0.2) is 0 Å². The summed E-state index contributed by atoms with van der Waals surface area (Å²) in [5.41, 5.74) is 1.07. The van der Waals surface area contributed by atoms with Crippen molar-refractivity contribution in [2.24, 2.45) is 5.92 Å². The first-order chi connectivity index (χ1) is 7.30. The fourth-order valence-corrected chi connectivity index (χ4v) is 2.28. The summed E-state index contributed by atoms with van der Waals surface area (Å²) < 4.78 is 32.2. The quantitative estimate of drug-likeness (QED) is 0.761. The molecule has 0 aliphatic carbocycles. The zero-order valence-electron chi connectivity index (χ0n) is 9.80. The van der Waals surface area contributed by atoms with Crippen LogP contribution in [0.15, 0.2) is 29.2 Å². The van der Waals surface area contributed by atoms with Gasteiger partial charge in [-0.1, -0.05) is 32.9 Å². The fraction of sp³-hybridized carbons (Fsp3) is 0.500. The molecule has 0 fully saturated rings. The van der Waals surface area contributed by atoms with Gasteiger partial charge in [0.05, 0.1) is 4.90 Å². The molecule has 0 heterocycles. The maximum Gasteiger partial charge on any atom is 0.124 e. The van der Waals surface area contributed by atoms with Gasteiger partial charge in [0, 0.05) is 0 Å². The summed E-state index contributed by atoms with van der Waals surface area (Å²) in [6.45, 7) is 6.39. The molecule has 0 bridgehead atoms. The highest BCUT2D eigenvalue weighted by atomic mass is 32.2.